The molecule has 1 aromatic carbocycles. The van der Waals surface area contributed by atoms with Gasteiger partial charge in [0.1, 0.15) is 0 Å². The Hall–Kier alpha value is -1.88. The Bertz CT molecular complexity index is 611. The first kappa shape index (κ1) is 21.4. The normalized spacial score (nSPS) is 16.0. The topological polar surface area (TPSA) is 53.9 Å². The van der Waals surface area contributed by atoms with Gasteiger partial charge in [0.25, 0.3) is 11.8 Å². The smallest absolute Gasteiger partial charge is 0.279 e. The minimum absolute atomic E-state index is 0.0266. The van der Waals surface area contributed by atoms with Crippen molar-refractivity contribution in [2.45, 2.75) is 65.3 Å². The molecule has 0 aromatic heterocycles. The van der Waals surface area contributed by atoms with Gasteiger partial charge in [0, 0.05) is 18.3 Å². The van der Waals surface area contributed by atoms with Crippen LogP contribution in [0.15, 0.2) is 24.3 Å². The van der Waals surface area contributed by atoms with Crippen LogP contribution in [0.25, 0.3) is 0 Å². The molecule has 0 spiro atoms. The van der Waals surface area contributed by atoms with Crippen molar-refractivity contribution in [2.24, 2.45) is 0 Å². The largest absolute Gasteiger partial charge is 0.335 e. The first-order chi connectivity index (χ1) is 13.0. The Kier molecular flexibility index (Phi) is 8.79. The van der Waals surface area contributed by atoms with Gasteiger partial charge in [-0.05, 0) is 44.7 Å². The first-order valence-corrected chi connectivity index (χ1v) is 10.5. The lowest BCUT2D eigenvalue weighted by Crippen LogP contribution is -3.14. The van der Waals surface area contributed by atoms with E-state index in [1.165, 1.54) is 19.3 Å². The third-order valence-corrected chi connectivity index (χ3v) is 5.51. The molecular formula is C22H36N3O2+. The summed E-state index contributed by atoms with van der Waals surface area (Å²) in [6.07, 6.45) is 6.93. The number of hydrogen-bond acceptors (Lipinski definition) is 2. The summed E-state index contributed by atoms with van der Waals surface area (Å²) in [6.45, 7) is 8.47. The third kappa shape index (κ3) is 6.65. The number of hydrogen-bond donors (Lipinski definition) is 2. The standard InChI is InChI=1S/C22H35N3O2/c1-4-15-24(16-21(26)23-20-14-10-9-11-18(20)3)17-22(27)25(5-2)19-12-7-6-8-13-19/h9-11,14,19H,4-8,12-13,15-17H2,1-3H3,(H,23,26)/p+1. The van der Waals surface area contributed by atoms with Gasteiger partial charge in [0.15, 0.2) is 13.1 Å². The van der Waals surface area contributed by atoms with Gasteiger partial charge < -0.3 is 15.1 Å². The van der Waals surface area contributed by atoms with E-state index in [2.05, 4.69) is 19.2 Å². The van der Waals surface area contributed by atoms with E-state index in [0.29, 0.717) is 19.1 Å². The Morgan fingerprint density at radius 1 is 1.11 bits per heavy atom. The van der Waals surface area contributed by atoms with E-state index in [4.69, 9.17) is 0 Å². The van der Waals surface area contributed by atoms with Crippen molar-refractivity contribution in [3.05, 3.63) is 29.8 Å². The quantitative estimate of drug-likeness (QED) is 0.697. The Labute approximate surface area is 164 Å². The highest BCUT2D eigenvalue weighted by Crippen LogP contribution is 2.22. The summed E-state index contributed by atoms with van der Waals surface area (Å²) in [5, 5.41) is 2.99. The average Bonchev–Trinajstić information content (AvgIpc) is 2.65. The molecule has 5 nitrogen and oxygen atoms in total. The molecule has 1 fully saturated rings. The molecule has 0 heterocycles. The van der Waals surface area contributed by atoms with Crippen molar-refractivity contribution in [1.82, 2.24) is 4.90 Å². The maximum absolute atomic E-state index is 12.9. The number of nitrogens with one attached hydrogen (secondary N) is 2. The molecule has 0 saturated heterocycles. The number of quaternary nitrogens is 1. The molecule has 5 heteroatoms. The third-order valence-electron chi connectivity index (χ3n) is 5.51. The zero-order valence-electron chi connectivity index (χ0n) is 17.2. The van der Waals surface area contributed by atoms with E-state index in [1.54, 1.807) is 0 Å². The van der Waals surface area contributed by atoms with E-state index in [1.807, 2.05) is 36.1 Å². The van der Waals surface area contributed by atoms with Gasteiger partial charge in [0.05, 0.1) is 6.54 Å². The van der Waals surface area contributed by atoms with E-state index < -0.39 is 0 Å². The monoisotopic (exact) mass is 374 g/mol. The van der Waals surface area contributed by atoms with Crippen molar-refractivity contribution < 1.29 is 14.5 Å². The van der Waals surface area contributed by atoms with Crippen molar-refractivity contribution in [3.8, 4) is 0 Å². The molecule has 2 amide bonds. The molecule has 0 radical (unpaired) electrons. The molecule has 1 aliphatic carbocycles. The number of para-hydroxylation sites is 1. The van der Waals surface area contributed by atoms with E-state index in [0.717, 1.165) is 48.5 Å². The molecule has 1 aromatic rings. The second-order valence-corrected chi connectivity index (χ2v) is 7.69. The summed E-state index contributed by atoms with van der Waals surface area (Å²) in [5.74, 6) is 0.165. The van der Waals surface area contributed by atoms with Crippen LogP contribution in [0.4, 0.5) is 5.69 Å². The lowest BCUT2D eigenvalue weighted by atomic mass is 9.94. The van der Waals surface area contributed by atoms with Crippen LogP contribution < -0.4 is 10.2 Å². The van der Waals surface area contributed by atoms with Gasteiger partial charge in [-0.3, -0.25) is 9.59 Å². The first-order valence-electron chi connectivity index (χ1n) is 10.5. The minimum Gasteiger partial charge on any atom is -0.335 e. The molecule has 2 N–H and O–H groups in total. The highest BCUT2D eigenvalue weighted by atomic mass is 16.2. The summed E-state index contributed by atoms with van der Waals surface area (Å²) in [4.78, 5) is 28.5. The van der Waals surface area contributed by atoms with Crippen molar-refractivity contribution in [1.29, 1.82) is 0 Å². The molecular weight excluding hydrogens is 338 g/mol. The summed E-state index contributed by atoms with van der Waals surface area (Å²) >= 11 is 0. The average molecular weight is 375 g/mol. The predicted octanol–water partition coefficient (Wildman–Crippen LogP) is 2.41. The SMILES string of the molecule is CCC[NH+](CC(=O)Nc1ccccc1C)CC(=O)N(CC)C1CCCCC1. The van der Waals surface area contributed by atoms with Crippen LogP contribution in [0.5, 0.6) is 0 Å². The van der Waals surface area contributed by atoms with Crippen LogP contribution in [0.1, 0.15) is 57.9 Å². The van der Waals surface area contributed by atoms with Crippen molar-refractivity contribution in [3.63, 3.8) is 0 Å². The molecule has 1 atom stereocenters. The van der Waals surface area contributed by atoms with Crippen LogP contribution in [-0.2, 0) is 9.59 Å². The molecule has 0 bridgehead atoms. The highest BCUT2D eigenvalue weighted by molar-refractivity contribution is 5.92. The van der Waals surface area contributed by atoms with Crippen LogP contribution in [-0.4, -0.2) is 48.9 Å². The minimum atomic E-state index is -0.0266. The lowest BCUT2D eigenvalue weighted by molar-refractivity contribution is -0.884. The number of benzene rings is 1. The maximum atomic E-state index is 12.9. The van der Waals surface area contributed by atoms with E-state index in [-0.39, 0.29) is 11.8 Å². The molecule has 1 unspecified atom stereocenters. The fourth-order valence-corrected chi connectivity index (χ4v) is 4.07. The molecule has 27 heavy (non-hydrogen) atoms. The Morgan fingerprint density at radius 2 is 1.81 bits per heavy atom. The second kappa shape index (κ2) is 11.1. The highest BCUT2D eigenvalue weighted by Gasteiger charge is 2.27. The van der Waals surface area contributed by atoms with E-state index in [9.17, 15) is 9.59 Å². The maximum Gasteiger partial charge on any atom is 0.279 e. The number of anilines is 1. The fraction of sp³-hybridized carbons (Fsp3) is 0.636. The van der Waals surface area contributed by atoms with Crippen molar-refractivity contribution >= 4 is 17.5 Å². The van der Waals surface area contributed by atoms with Gasteiger partial charge in [-0.25, -0.2) is 0 Å². The molecule has 1 aliphatic rings. The zero-order chi connectivity index (χ0) is 19.6. The lowest BCUT2D eigenvalue weighted by Gasteiger charge is -2.34. The summed E-state index contributed by atoms with van der Waals surface area (Å²) < 4.78 is 0. The van der Waals surface area contributed by atoms with Crippen molar-refractivity contribution in [2.75, 3.05) is 31.5 Å². The Morgan fingerprint density at radius 3 is 2.44 bits per heavy atom. The number of carbonyl (C=O) groups excluding carboxylic acids is 2. The number of nitrogens with zero attached hydrogens (tertiary/aromatic N) is 1. The second-order valence-electron chi connectivity index (χ2n) is 7.69. The Balaban J connectivity index is 1.93. The number of carbonyl (C=O) groups is 2. The number of aryl methyl sites for hydroxylation is 1. The zero-order valence-corrected chi connectivity index (χ0v) is 17.2. The number of rotatable bonds is 9. The van der Waals surface area contributed by atoms with Crippen LogP contribution in [0.3, 0.4) is 0 Å². The van der Waals surface area contributed by atoms with Crippen LogP contribution >= 0.6 is 0 Å². The molecule has 150 valence electrons. The molecule has 1 saturated carbocycles. The van der Waals surface area contributed by atoms with Crippen LogP contribution in [0.2, 0.25) is 0 Å². The predicted molar refractivity (Wildman–Crippen MR) is 110 cm³/mol. The van der Waals surface area contributed by atoms with Gasteiger partial charge in [0.2, 0.25) is 0 Å². The summed E-state index contributed by atoms with van der Waals surface area (Å²) in [5.41, 5.74) is 1.90. The van der Waals surface area contributed by atoms with Crippen LogP contribution in [0, 0.1) is 6.92 Å². The van der Waals surface area contributed by atoms with E-state index >= 15 is 0 Å². The molecule has 0 aliphatic heterocycles. The number of amides is 2. The van der Waals surface area contributed by atoms with Gasteiger partial charge in [-0.1, -0.05) is 44.4 Å². The summed E-state index contributed by atoms with van der Waals surface area (Å²) in [6, 6.07) is 8.17. The van der Waals surface area contributed by atoms with Gasteiger partial charge in [-0.2, -0.15) is 0 Å². The van der Waals surface area contributed by atoms with Gasteiger partial charge >= 0.3 is 0 Å². The fourth-order valence-electron chi connectivity index (χ4n) is 4.07. The summed E-state index contributed by atoms with van der Waals surface area (Å²) in [7, 11) is 0. The molecule has 2 rings (SSSR count). The number of likely N-dealkylation sites (N-methyl/N-ethyl adjacent to an activating group) is 1. The van der Waals surface area contributed by atoms with Gasteiger partial charge in [-0.15, -0.1) is 0 Å².